The number of carbonyl (C=O) groups excluding carboxylic acids is 1. The first-order valence-corrected chi connectivity index (χ1v) is 5.59. The second-order valence-electron chi connectivity index (χ2n) is 4.85. The third-order valence-corrected chi connectivity index (χ3v) is 1.96. The van der Waals surface area contributed by atoms with Gasteiger partial charge in [0.25, 0.3) is 0 Å². The smallest absolute Gasteiger partial charge is 0.335 e. The topological polar surface area (TPSA) is 26.3 Å². The van der Waals surface area contributed by atoms with Crippen LogP contribution in [0.4, 0.5) is 0 Å². The van der Waals surface area contributed by atoms with Crippen LogP contribution in [0.5, 0.6) is 0 Å². The summed E-state index contributed by atoms with van der Waals surface area (Å²) >= 11 is 0. The molecule has 0 aliphatic rings. The fourth-order valence-electron chi connectivity index (χ4n) is 1.10. The van der Waals surface area contributed by atoms with Crippen molar-refractivity contribution in [3.8, 4) is 0 Å². The Morgan fingerprint density at radius 2 is 1.82 bits per heavy atom. The monoisotopic (exact) mass is 230 g/mol. The highest BCUT2D eigenvalue weighted by molar-refractivity contribution is 5.82. The van der Waals surface area contributed by atoms with Crippen LogP contribution in [0.3, 0.4) is 0 Å². The molecule has 2 heteroatoms. The van der Waals surface area contributed by atoms with E-state index in [4.69, 9.17) is 4.74 Å². The van der Waals surface area contributed by atoms with Gasteiger partial charge in [-0.3, -0.25) is 0 Å². The maximum Gasteiger partial charge on any atom is 0.335 e. The van der Waals surface area contributed by atoms with Crippen LogP contribution in [-0.2, 0) is 9.53 Å². The minimum atomic E-state index is -0.355. The van der Waals surface area contributed by atoms with Crippen LogP contribution in [0.2, 0.25) is 0 Å². The van der Waals surface area contributed by atoms with Gasteiger partial charge in [0.15, 0.2) is 0 Å². The third kappa shape index (κ3) is 6.36. The summed E-state index contributed by atoms with van der Waals surface area (Å²) < 4.78 is 4.94. The Kier molecular flexibility index (Phi) is 4.70. The molecule has 90 valence electrons. The molecular formula is C15H18O2. The van der Waals surface area contributed by atoms with Crippen molar-refractivity contribution in [3.63, 3.8) is 0 Å². The van der Waals surface area contributed by atoms with Gasteiger partial charge in [0, 0.05) is 6.08 Å². The van der Waals surface area contributed by atoms with E-state index in [1.54, 1.807) is 6.08 Å². The largest absolute Gasteiger partial charge is 0.431 e. The molecule has 0 aliphatic carbocycles. The molecule has 0 saturated carbocycles. The molecular weight excluding hydrogens is 212 g/mol. The molecule has 0 spiro atoms. The molecule has 0 radical (unpaired) electrons. The number of hydrogen-bond donors (Lipinski definition) is 0. The van der Waals surface area contributed by atoms with Gasteiger partial charge in [0.05, 0.1) is 6.26 Å². The van der Waals surface area contributed by atoms with E-state index in [1.807, 2.05) is 57.2 Å². The lowest BCUT2D eigenvalue weighted by Crippen LogP contribution is -2.02. The zero-order chi connectivity index (χ0) is 12.7. The van der Waals surface area contributed by atoms with Crippen LogP contribution >= 0.6 is 0 Å². The molecule has 1 aromatic carbocycles. The molecule has 0 bridgehead atoms. The predicted octanol–water partition coefficient (Wildman–Crippen LogP) is 3.80. The Bertz CT molecular complexity index is 408. The van der Waals surface area contributed by atoms with Gasteiger partial charge in [-0.15, -0.1) is 0 Å². The first kappa shape index (κ1) is 13.2. The van der Waals surface area contributed by atoms with E-state index in [0.29, 0.717) is 0 Å². The van der Waals surface area contributed by atoms with Gasteiger partial charge < -0.3 is 4.74 Å². The molecule has 0 aromatic heterocycles. The molecule has 1 aromatic rings. The first-order chi connectivity index (χ1) is 7.97. The summed E-state index contributed by atoms with van der Waals surface area (Å²) in [6, 6.07) is 9.68. The van der Waals surface area contributed by atoms with Crippen LogP contribution in [0.25, 0.3) is 6.08 Å². The normalized spacial score (nSPS) is 12.2. The quantitative estimate of drug-likeness (QED) is 0.448. The van der Waals surface area contributed by atoms with Crippen LogP contribution in [0.1, 0.15) is 26.3 Å². The van der Waals surface area contributed by atoms with Gasteiger partial charge in [0.2, 0.25) is 0 Å². The number of ether oxygens (including phenoxy) is 1. The van der Waals surface area contributed by atoms with E-state index in [-0.39, 0.29) is 11.4 Å². The van der Waals surface area contributed by atoms with Crippen molar-refractivity contribution < 1.29 is 9.53 Å². The van der Waals surface area contributed by atoms with Crippen molar-refractivity contribution in [2.45, 2.75) is 20.8 Å². The zero-order valence-corrected chi connectivity index (χ0v) is 10.5. The van der Waals surface area contributed by atoms with Crippen molar-refractivity contribution >= 4 is 12.0 Å². The van der Waals surface area contributed by atoms with Crippen molar-refractivity contribution in [2.24, 2.45) is 5.41 Å². The van der Waals surface area contributed by atoms with E-state index in [0.717, 1.165) is 5.56 Å². The van der Waals surface area contributed by atoms with E-state index in [2.05, 4.69) is 0 Å². The fourth-order valence-corrected chi connectivity index (χ4v) is 1.10. The molecule has 0 atom stereocenters. The SMILES string of the molecule is CC(C)(C)C=CC(=O)OC=Cc1ccccc1. The van der Waals surface area contributed by atoms with E-state index >= 15 is 0 Å². The molecule has 0 heterocycles. The lowest BCUT2D eigenvalue weighted by molar-refractivity contribution is -0.132. The van der Waals surface area contributed by atoms with E-state index in [9.17, 15) is 4.79 Å². The van der Waals surface area contributed by atoms with Crippen molar-refractivity contribution in [2.75, 3.05) is 0 Å². The number of rotatable bonds is 3. The predicted molar refractivity (Wildman–Crippen MR) is 70.2 cm³/mol. The Hall–Kier alpha value is -1.83. The highest BCUT2D eigenvalue weighted by Gasteiger charge is 2.05. The first-order valence-electron chi connectivity index (χ1n) is 5.59. The van der Waals surface area contributed by atoms with Crippen LogP contribution in [0, 0.1) is 5.41 Å². The zero-order valence-electron chi connectivity index (χ0n) is 10.5. The minimum Gasteiger partial charge on any atom is -0.431 e. The van der Waals surface area contributed by atoms with Gasteiger partial charge in [-0.2, -0.15) is 0 Å². The van der Waals surface area contributed by atoms with Gasteiger partial charge in [0.1, 0.15) is 0 Å². The molecule has 17 heavy (non-hydrogen) atoms. The summed E-state index contributed by atoms with van der Waals surface area (Å²) in [7, 11) is 0. The number of benzene rings is 1. The van der Waals surface area contributed by atoms with E-state index < -0.39 is 0 Å². The van der Waals surface area contributed by atoms with Gasteiger partial charge in [-0.1, -0.05) is 57.2 Å². The van der Waals surface area contributed by atoms with Crippen molar-refractivity contribution in [1.82, 2.24) is 0 Å². The van der Waals surface area contributed by atoms with Gasteiger partial charge in [-0.25, -0.2) is 4.79 Å². The fraction of sp³-hybridized carbons (Fsp3) is 0.267. The van der Waals surface area contributed by atoms with Crippen LogP contribution < -0.4 is 0 Å². The summed E-state index contributed by atoms with van der Waals surface area (Å²) in [6.45, 7) is 6.07. The second kappa shape index (κ2) is 6.04. The molecule has 2 nitrogen and oxygen atoms in total. The maximum atomic E-state index is 11.3. The highest BCUT2D eigenvalue weighted by Crippen LogP contribution is 2.14. The summed E-state index contributed by atoms with van der Waals surface area (Å²) in [6.07, 6.45) is 6.44. The average molecular weight is 230 g/mol. The summed E-state index contributed by atoms with van der Waals surface area (Å²) in [5.41, 5.74) is 0.988. The molecule has 0 saturated heterocycles. The van der Waals surface area contributed by atoms with Crippen LogP contribution in [-0.4, -0.2) is 5.97 Å². The lowest BCUT2D eigenvalue weighted by atomic mass is 9.96. The molecule has 0 amide bonds. The van der Waals surface area contributed by atoms with Crippen LogP contribution in [0.15, 0.2) is 48.7 Å². The van der Waals surface area contributed by atoms with Gasteiger partial charge in [-0.05, 0) is 17.1 Å². The number of esters is 1. The maximum absolute atomic E-state index is 11.3. The Labute approximate surface area is 103 Å². The Morgan fingerprint density at radius 1 is 1.18 bits per heavy atom. The highest BCUT2D eigenvalue weighted by atomic mass is 16.5. The number of hydrogen-bond acceptors (Lipinski definition) is 2. The number of allylic oxidation sites excluding steroid dienone is 1. The van der Waals surface area contributed by atoms with Crippen molar-refractivity contribution in [1.29, 1.82) is 0 Å². The summed E-state index contributed by atoms with van der Waals surface area (Å²) in [4.78, 5) is 11.3. The standard InChI is InChI=1S/C15H18O2/c1-15(2,3)11-9-14(16)17-12-10-13-7-5-4-6-8-13/h4-12H,1-3H3. The molecule has 0 aliphatic heterocycles. The van der Waals surface area contributed by atoms with E-state index in [1.165, 1.54) is 12.3 Å². The summed E-state index contributed by atoms with van der Waals surface area (Å²) in [5, 5.41) is 0. The Morgan fingerprint density at radius 3 is 2.41 bits per heavy atom. The third-order valence-electron chi connectivity index (χ3n) is 1.96. The van der Waals surface area contributed by atoms with Crippen molar-refractivity contribution in [3.05, 3.63) is 54.3 Å². The summed E-state index contributed by atoms with van der Waals surface area (Å²) in [5.74, 6) is -0.355. The second-order valence-corrected chi connectivity index (χ2v) is 4.85. The molecule has 0 unspecified atom stereocenters. The lowest BCUT2D eigenvalue weighted by Gasteiger charge is -2.10. The average Bonchev–Trinajstić information content (AvgIpc) is 2.27. The minimum absolute atomic E-state index is 0.0117. The molecule has 0 fully saturated rings. The van der Waals surface area contributed by atoms with Gasteiger partial charge >= 0.3 is 5.97 Å². The Balaban J connectivity index is 2.44. The number of carbonyl (C=O) groups is 1. The molecule has 1 rings (SSSR count). The molecule has 0 N–H and O–H groups in total.